The van der Waals surface area contributed by atoms with Gasteiger partial charge >= 0.3 is 12.3 Å². The van der Waals surface area contributed by atoms with E-state index in [1.54, 1.807) is 6.07 Å². The highest BCUT2D eigenvalue weighted by Gasteiger charge is 2.45. The zero-order valence-electron chi connectivity index (χ0n) is 22.3. The molecule has 224 valence electrons. The Labute approximate surface area is 240 Å². The molecule has 2 N–H and O–H groups in total. The minimum Gasteiger partial charge on any atom is -0.478 e. The van der Waals surface area contributed by atoms with Gasteiger partial charge in [0.25, 0.3) is 0 Å². The maximum atomic E-state index is 13.2. The number of alkyl halides is 3. The van der Waals surface area contributed by atoms with Crippen LogP contribution in [0.1, 0.15) is 66.1 Å². The summed E-state index contributed by atoms with van der Waals surface area (Å²) >= 11 is 0. The second-order valence-corrected chi connectivity index (χ2v) is 12.8. The Bertz CT molecular complexity index is 1570. The molecule has 42 heavy (non-hydrogen) atoms. The van der Waals surface area contributed by atoms with Gasteiger partial charge in [-0.15, -0.1) is 13.2 Å². The number of hydrogen-bond donors (Lipinski definition) is 2. The maximum Gasteiger partial charge on any atom is 0.573 e. The van der Waals surface area contributed by atoms with Crippen molar-refractivity contribution in [3.8, 4) is 17.0 Å². The third kappa shape index (κ3) is 5.90. The summed E-state index contributed by atoms with van der Waals surface area (Å²) < 4.78 is 84.6. The molecule has 0 aliphatic heterocycles. The minimum absolute atomic E-state index is 0.00808. The van der Waals surface area contributed by atoms with Crippen LogP contribution in [0, 0.1) is 11.8 Å². The highest BCUT2D eigenvalue weighted by molar-refractivity contribution is 7.89. The van der Waals surface area contributed by atoms with Crippen molar-refractivity contribution in [3.05, 3.63) is 65.4 Å². The van der Waals surface area contributed by atoms with Crippen LogP contribution in [0.5, 0.6) is 5.75 Å². The fourth-order valence-electron chi connectivity index (χ4n) is 6.34. The molecular formula is C29H29F3N2O7S. The summed E-state index contributed by atoms with van der Waals surface area (Å²) in [6, 6.07) is 10.9. The molecule has 2 unspecified atom stereocenters. The van der Waals surface area contributed by atoms with Crippen LogP contribution >= 0.6 is 0 Å². The van der Waals surface area contributed by atoms with E-state index in [0.717, 1.165) is 25.7 Å². The Hall–Kier alpha value is -3.42. The van der Waals surface area contributed by atoms with Gasteiger partial charge in [-0.1, -0.05) is 29.4 Å². The number of carbonyl (C=O) groups is 1. The highest BCUT2D eigenvalue weighted by Crippen LogP contribution is 2.47. The zero-order valence-corrected chi connectivity index (χ0v) is 23.2. The average Bonchev–Trinajstić information content (AvgIpc) is 3.66. The van der Waals surface area contributed by atoms with E-state index < -0.39 is 22.4 Å². The molecule has 0 spiro atoms. The fraction of sp³-hybridized carbons (Fsp3) is 0.448. The number of benzene rings is 2. The van der Waals surface area contributed by atoms with Crippen molar-refractivity contribution in [2.45, 2.75) is 74.5 Å². The summed E-state index contributed by atoms with van der Waals surface area (Å²) in [5, 5.41) is 13.6. The molecule has 3 aliphatic rings. The zero-order chi connectivity index (χ0) is 29.6. The summed E-state index contributed by atoms with van der Waals surface area (Å²) in [7, 11) is -4.07. The predicted octanol–water partition coefficient (Wildman–Crippen LogP) is 5.87. The van der Waals surface area contributed by atoms with E-state index in [1.165, 1.54) is 42.5 Å². The van der Waals surface area contributed by atoms with Crippen LogP contribution in [-0.2, 0) is 21.4 Å². The number of ether oxygens (including phenoxy) is 2. The number of aromatic nitrogens is 1. The number of hydrogen-bond acceptors (Lipinski definition) is 7. The summed E-state index contributed by atoms with van der Waals surface area (Å²) in [5.41, 5.74) is 0.714. The van der Waals surface area contributed by atoms with Gasteiger partial charge < -0.3 is 19.1 Å². The molecule has 1 heterocycles. The molecule has 1 aromatic heterocycles. The molecule has 6 rings (SSSR count). The van der Waals surface area contributed by atoms with E-state index in [4.69, 9.17) is 9.26 Å². The summed E-state index contributed by atoms with van der Waals surface area (Å²) in [5.74, 6) is -0.971. The maximum absolute atomic E-state index is 13.2. The van der Waals surface area contributed by atoms with Crippen LogP contribution in [0.3, 0.4) is 0 Å². The van der Waals surface area contributed by atoms with Crippen LogP contribution in [0.25, 0.3) is 11.3 Å². The lowest BCUT2D eigenvalue weighted by Crippen LogP contribution is -2.46. The number of nitrogens with zero attached hydrogens (tertiary/aromatic N) is 1. The number of para-hydroxylation sites is 1. The molecule has 0 radical (unpaired) electrons. The van der Waals surface area contributed by atoms with Gasteiger partial charge in [0.15, 0.2) is 0 Å². The first-order valence-electron chi connectivity index (χ1n) is 13.8. The quantitative estimate of drug-likeness (QED) is 0.293. The van der Waals surface area contributed by atoms with E-state index in [-0.39, 0.29) is 64.0 Å². The molecule has 3 saturated carbocycles. The number of nitrogens with one attached hydrogen (secondary N) is 1. The van der Waals surface area contributed by atoms with Crippen LogP contribution in [0.2, 0.25) is 0 Å². The Morgan fingerprint density at radius 1 is 1.02 bits per heavy atom. The summed E-state index contributed by atoms with van der Waals surface area (Å²) in [6.07, 6.45) is -0.532. The monoisotopic (exact) mass is 606 g/mol. The van der Waals surface area contributed by atoms with Gasteiger partial charge in [-0.25, -0.2) is 17.9 Å². The van der Waals surface area contributed by atoms with Crippen LogP contribution in [-0.4, -0.2) is 43.2 Å². The third-order valence-electron chi connectivity index (χ3n) is 8.35. The molecule has 0 saturated heterocycles. The van der Waals surface area contributed by atoms with Crippen LogP contribution in [0.15, 0.2) is 57.9 Å². The van der Waals surface area contributed by atoms with E-state index in [2.05, 4.69) is 14.6 Å². The molecular weight excluding hydrogens is 577 g/mol. The third-order valence-corrected chi connectivity index (χ3v) is 9.87. The van der Waals surface area contributed by atoms with E-state index in [9.17, 15) is 31.5 Å². The second-order valence-electron chi connectivity index (χ2n) is 11.1. The normalized spacial score (nSPS) is 24.1. The number of rotatable bonds is 10. The van der Waals surface area contributed by atoms with E-state index >= 15 is 0 Å². The van der Waals surface area contributed by atoms with Gasteiger partial charge in [0.1, 0.15) is 17.2 Å². The summed E-state index contributed by atoms with van der Waals surface area (Å²) in [6.45, 7) is 0.0809. The molecule has 3 fully saturated rings. The Morgan fingerprint density at radius 3 is 2.36 bits per heavy atom. The number of aromatic carboxylic acids is 1. The van der Waals surface area contributed by atoms with Crippen LogP contribution < -0.4 is 9.46 Å². The van der Waals surface area contributed by atoms with Crippen molar-refractivity contribution < 1.29 is 45.5 Å². The molecule has 3 aliphatic carbocycles. The first-order valence-corrected chi connectivity index (χ1v) is 15.3. The van der Waals surface area contributed by atoms with Crippen LogP contribution in [0.4, 0.5) is 13.2 Å². The number of carboxylic acids is 1. The Morgan fingerprint density at radius 2 is 1.69 bits per heavy atom. The van der Waals surface area contributed by atoms with Crippen molar-refractivity contribution in [2.75, 3.05) is 0 Å². The topological polar surface area (TPSA) is 128 Å². The van der Waals surface area contributed by atoms with Gasteiger partial charge in [0.2, 0.25) is 10.0 Å². The van der Waals surface area contributed by atoms with Crippen molar-refractivity contribution in [3.63, 3.8) is 0 Å². The van der Waals surface area contributed by atoms with Crippen molar-refractivity contribution >= 4 is 16.0 Å². The number of halogens is 3. The molecule has 9 nitrogen and oxygen atoms in total. The van der Waals surface area contributed by atoms with Crippen molar-refractivity contribution in [1.82, 2.24) is 9.88 Å². The molecule has 0 amide bonds. The Kier molecular flexibility index (Phi) is 7.52. The minimum atomic E-state index is -4.87. The van der Waals surface area contributed by atoms with Gasteiger partial charge in [0.05, 0.1) is 23.2 Å². The molecule has 13 heteroatoms. The van der Waals surface area contributed by atoms with Crippen molar-refractivity contribution in [1.29, 1.82) is 0 Å². The molecule has 2 aromatic carbocycles. The lowest BCUT2D eigenvalue weighted by molar-refractivity contribution is -0.274. The van der Waals surface area contributed by atoms with Gasteiger partial charge in [-0.2, -0.15) is 0 Å². The molecule has 2 bridgehead atoms. The predicted molar refractivity (Wildman–Crippen MR) is 142 cm³/mol. The first kappa shape index (κ1) is 28.7. The highest BCUT2D eigenvalue weighted by atomic mass is 32.2. The SMILES string of the molecule is O=C(O)c1ccccc1S(=O)(=O)NC1C2CCC1CC(OCc1c(-c3ccccc3OC(F)(F)F)noc1C1CC1)C2. The average molecular weight is 607 g/mol. The fourth-order valence-corrected chi connectivity index (χ4v) is 7.91. The molecule has 2 atom stereocenters. The van der Waals surface area contributed by atoms with Gasteiger partial charge in [-0.05, 0) is 74.6 Å². The lowest BCUT2D eigenvalue weighted by Gasteiger charge is -2.35. The Balaban J connectivity index is 1.17. The number of sulfonamides is 1. The van der Waals surface area contributed by atoms with Crippen molar-refractivity contribution in [2.24, 2.45) is 11.8 Å². The summed E-state index contributed by atoms with van der Waals surface area (Å²) in [4.78, 5) is 11.3. The van der Waals surface area contributed by atoms with E-state index in [1.807, 2.05) is 0 Å². The number of carboxylic acid groups (broad SMARTS) is 1. The van der Waals surface area contributed by atoms with E-state index in [0.29, 0.717) is 24.2 Å². The number of fused-ring (bicyclic) bond motifs is 2. The van der Waals surface area contributed by atoms with Gasteiger partial charge in [-0.3, -0.25) is 0 Å². The second kappa shape index (κ2) is 11.0. The lowest BCUT2D eigenvalue weighted by atomic mass is 9.83. The van der Waals surface area contributed by atoms with Gasteiger partial charge in [0, 0.05) is 23.1 Å². The largest absolute Gasteiger partial charge is 0.573 e. The standard InChI is InChI=1S/C29H29F3N2O7S/c30-29(31,32)40-23-7-3-1-5-20(23)26-22(27(41-33-26)16-9-10-16)15-39-19-13-17-11-12-18(14-19)25(17)34-42(37,38)24-8-4-2-6-21(24)28(35)36/h1-8,16-19,25,34H,9-15H2,(H,35,36). The first-order chi connectivity index (χ1) is 20.0. The smallest absolute Gasteiger partial charge is 0.478 e. The molecule has 3 aromatic rings.